The van der Waals surface area contributed by atoms with Crippen LogP contribution in [0.1, 0.15) is 12.0 Å². The molecule has 3 rings (SSSR count). The molecule has 2 unspecified atom stereocenters. The molecule has 100 valence electrons. The number of carbonyl (C=O) groups is 2. The number of amides is 1. The Kier molecular flexibility index (Phi) is 2.69. The van der Waals surface area contributed by atoms with E-state index in [1.54, 1.807) is 24.3 Å². The molecule has 2 aliphatic rings. The second kappa shape index (κ2) is 4.15. The maximum absolute atomic E-state index is 12.2. The van der Waals surface area contributed by atoms with E-state index < -0.39 is 17.4 Å². The fourth-order valence-corrected chi connectivity index (χ4v) is 2.96. The van der Waals surface area contributed by atoms with Crippen LogP contribution in [0.25, 0.3) is 0 Å². The molecule has 19 heavy (non-hydrogen) atoms. The molecule has 2 atom stereocenters. The van der Waals surface area contributed by atoms with Gasteiger partial charge in [0.1, 0.15) is 5.78 Å². The van der Waals surface area contributed by atoms with Crippen LogP contribution in [0.15, 0.2) is 24.3 Å². The van der Waals surface area contributed by atoms with Gasteiger partial charge in [-0.2, -0.15) is 0 Å². The molecule has 1 amide bonds. The Morgan fingerprint density at radius 1 is 1.37 bits per heavy atom. The normalized spacial score (nSPS) is 31.2. The lowest BCUT2D eigenvalue weighted by Crippen LogP contribution is -2.53. The highest BCUT2D eigenvalue weighted by Crippen LogP contribution is 2.42. The van der Waals surface area contributed by atoms with Gasteiger partial charge in [-0.1, -0.05) is 18.2 Å². The fraction of sp³-hybridized carbons (Fsp3) is 0.429. The van der Waals surface area contributed by atoms with Crippen molar-refractivity contribution in [2.75, 3.05) is 25.5 Å². The Balaban J connectivity index is 2.07. The third-order valence-corrected chi connectivity index (χ3v) is 4.06. The van der Waals surface area contributed by atoms with Crippen LogP contribution >= 0.6 is 0 Å². The van der Waals surface area contributed by atoms with E-state index in [2.05, 4.69) is 5.32 Å². The van der Waals surface area contributed by atoms with Gasteiger partial charge < -0.3 is 15.3 Å². The second-order valence-electron chi connectivity index (χ2n) is 5.30. The third-order valence-electron chi connectivity index (χ3n) is 4.06. The van der Waals surface area contributed by atoms with Crippen molar-refractivity contribution in [2.24, 2.45) is 5.92 Å². The summed E-state index contributed by atoms with van der Waals surface area (Å²) < 4.78 is 0. The van der Waals surface area contributed by atoms with Crippen molar-refractivity contribution < 1.29 is 14.7 Å². The predicted molar refractivity (Wildman–Crippen MR) is 69.6 cm³/mol. The molecule has 0 bridgehead atoms. The van der Waals surface area contributed by atoms with Gasteiger partial charge in [-0.15, -0.1) is 0 Å². The van der Waals surface area contributed by atoms with Crippen molar-refractivity contribution in [1.29, 1.82) is 0 Å². The van der Waals surface area contributed by atoms with Crippen LogP contribution < -0.4 is 5.32 Å². The molecule has 0 radical (unpaired) electrons. The zero-order chi connectivity index (χ0) is 13.6. The van der Waals surface area contributed by atoms with Crippen molar-refractivity contribution in [3.05, 3.63) is 29.8 Å². The first kappa shape index (κ1) is 12.3. The van der Waals surface area contributed by atoms with Gasteiger partial charge in [0.05, 0.1) is 5.92 Å². The number of ketones is 1. The van der Waals surface area contributed by atoms with E-state index in [1.165, 1.54) is 0 Å². The topological polar surface area (TPSA) is 69.6 Å². The first-order chi connectivity index (χ1) is 9.03. The number of para-hydroxylation sites is 1. The summed E-state index contributed by atoms with van der Waals surface area (Å²) in [4.78, 5) is 26.3. The molecule has 5 heteroatoms. The number of nitrogens with one attached hydrogen (secondary N) is 1. The average Bonchev–Trinajstić information content (AvgIpc) is 2.66. The largest absolute Gasteiger partial charge is 0.375 e. The number of benzene rings is 1. The Hall–Kier alpha value is -1.72. The van der Waals surface area contributed by atoms with Gasteiger partial charge in [0.25, 0.3) is 5.91 Å². The van der Waals surface area contributed by atoms with Crippen LogP contribution in [0.4, 0.5) is 5.69 Å². The zero-order valence-electron chi connectivity index (χ0n) is 10.7. The summed E-state index contributed by atoms with van der Waals surface area (Å²) in [5.41, 5.74) is -0.632. The summed E-state index contributed by atoms with van der Waals surface area (Å²) in [5, 5.41) is 13.5. The maximum atomic E-state index is 12.2. The van der Waals surface area contributed by atoms with Gasteiger partial charge in [0, 0.05) is 30.8 Å². The molecular formula is C14H16N2O3. The molecule has 2 aliphatic heterocycles. The monoisotopic (exact) mass is 260 g/mol. The number of anilines is 1. The summed E-state index contributed by atoms with van der Waals surface area (Å²) in [6, 6.07) is 7.00. The first-order valence-corrected chi connectivity index (χ1v) is 6.38. The number of fused-ring (bicyclic) bond motifs is 1. The number of aliphatic hydroxyl groups is 1. The number of rotatable bonds is 1. The molecule has 1 aromatic rings. The average molecular weight is 260 g/mol. The Labute approximate surface area is 111 Å². The molecule has 2 N–H and O–H groups in total. The third kappa shape index (κ3) is 1.69. The van der Waals surface area contributed by atoms with E-state index in [0.29, 0.717) is 30.8 Å². The van der Waals surface area contributed by atoms with Gasteiger partial charge in [-0.25, -0.2) is 0 Å². The number of hydrogen-bond acceptors (Lipinski definition) is 4. The second-order valence-corrected chi connectivity index (χ2v) is 5.30. The zero-order valence-corrected chi connectivity index (χ0v) is 10.7. The van der Waals surface area contributed by atoms with Crippen molar-refractivity contribution in [1.82, 2.24) is 4.90 Å². The smallest absolute Gasteiger partial charge is 0.261 e. The van der Waals surface area contributed by atoms with Gasteiger partial charge in [0.2, 0.25) is 0 Å². The summed E-state index contributed by atoms with van der Waals surface area (Å²) in [7, 11) is 1.89. The number of hydrogen-bond donors (Lipinski definition) is 2. The van der Waals surface area contributed by atoms with E-state index in [1.807, 2.05) is 11.9 Å². The highest BCUT2D eigenvalue weighted by molar-refractivity contribution is 6.08. The van der Waals surface area contributed by atoms with E-state index in [-0.39, 0.29) is 5.78 Å². The molecule has 1 saturated heterocycles. The van der Waals surface area contributed by atoms with E-state index in [0.717, 1.165) is 0 Å². The van der Waals surface area contributed by atoms with Gasteiger partial charge in [0.15, 0.2) is 5.60 Å². The molecule has 1 aromatic carbocycles. The predicted octanol–water partition coefficient (Wildman–Crippen LogP) is 0.347. The number of piperidine rings is 1. The van der Waals surface area contributed by atoms with Crippen LogP contribution in [0.3, 0.4) is 0 Å². The van der Waals surface area contributed by atoms with Crippen molar-refractivity contribution >= 4 is 17.4 Å². The van der Waals surface area contributed by atoms with Crippen LogP contribution in [0.2, 0.25) is 0 Å². The summed E-state index contributed by atoms with van der Waals surface area (Å²) in [5.74, 6) is -1.25. The van der Waals surface area contributed by atoms with E-state index >= 15 is 0 Å². The van der Waals surface area contributed by atoms with Crippen molar-refractivity contribution in [3.8, 4) is 0 Å². The summed E-state index contributed by atoms with van der Waals surface area (Å²) in [6.07, 6.45) is 0.374. The molecular weight excluding hydrogens is 244 g/mol. The minimum Gasteiger partial charge on any atom is -0.375 e. The molecule has 5 nitrogen and oxygen atoms in total. The maximum Gasteiger partial charge on any atom is 0.261 e. The van der Waals surface area contributed by atoms with Crippen molar-refractivity contribution in [3.63, 3.8) is 0 Å². The lowest BCUT2D eigenvalue weighted by molar-refractivity contribution is -0.152. The molecule has 0 saturated carbocycles. The van der Waals surface area contributed by atoms with Crippen LogP contribution in [-0.2, 0) is 15.2 Å². The molecule has 0 spiro atoms. The lowest BCUT2D eigenvalue weighted by Gasteiger charge is -2.36. The number of nitrogens with zero attached hydrogens (tertiary/aromatic N) is 1. The van der Waals surface area contributed by atoms with Gasteiger partial charge >= 0.3 is 0 Å². The highest BCUT2D eigenvalue weighted by atomic mass is 16.3. The van der Waals surface area contributed by atoms with Gasteiger partial charge in [-0.3, -0.25) is 9.59 Å². The highest BCUT2D eigenvalue weighted by Gasteiger charge is 2.54. The van der Waals surface area contributed by atoms with E-state index in [9.17, 15) is 14.7 Å². The van der Waals surface area contributed by atoms with Crippen LogP contribution in [0, 0.1) is 5.92 Å². The molecule has 1 fully saturated rings. The molecule has 0 aromatic heterocycles. The molecule has 2 heterocycles. The Morgan fingerprint density at radius 2 is 2.11 bits per heavy atom. The Morgan fingerprint density at radius 3 is 2.89 bits per heavy atom. The standard InChI is InChI=1S/C14H16N2O3/c1-16-7-6-12(17)10(8-16)14(19)9-4-2-3-5-11(9)15-13(14)18/h2-5,10,19H,6-8H2,1H3,(H,15,18). The first-order valence-electron chi connectivity index (χ1n) is 6.38. The Bertz CT molecular complexity index is 557. The SMILES string of the molecule is CN1CCC(=O)C(C2(O)C(=O)Nc3ccccc32)C1. The quantitative estimate of drug-likeness (QED) is 0.764. The van der Waals surface area contributed by atoms with Crippen LogP contribution in [0.5, 0.6) is 0 Å². The lowest BCUT2D eigenvalue weighted by atomic mass is 9.77. The summed E-state index contributed by atoms with van der Waals surface area (Å²) >= 11 is 0. The van der Waals surface area contributed by atoms with E-state index in [4.69, 9.17) is 0 Å². The molecule has 0 aliphatic carbocycles. The van der Waals surface area contributed by atoms with Gasteiger partial charge in [-0.05, 0) is 13.1 Å². The summed E-state index contributed by atoms with van der Waals surface area (Å²) in [6.45, 7) is 1.08. The number of likely N-dealkylation sites (tertiary alicyclic amines) is 1. The van der Waals surface area contributed by atoms with Crippen LogP contribution in [-0.4, -0.2) is 41.8 Å². The fourth-order valence-electron chi connectivity index (χ4n) is 2.96. The van der Waals surface area contributed by atoms with Crippen molar-refractivity contribution in [2.45, 2.75) is 12.0 Å². The minimum absolute atomic E-state index is 0.0487. The number of Topliss-reactive ketones (excluding diaryl/α,β-unsaturated/α-hetero) is 1. The minimum atomic E-state index is -1.73. The number of carbonyl (C=O) groups excluding carboxylic acids is 2.